The Morgan fingerprint density at radius 3 is 2.07 bits per heavy atom. The van der Waals surface area contributed by atoms with Crippen LogP contribution in [0.1, 0.15) is 47.5 Å². The lowest BCUT2D eigenvalue weighted by Crippen LogP contribution is -2.40. The molecule has 0 unspecified atom stereocenters. The van der Waals surface area contributed by atoms with Gasteiger partial charge in [0.25, 0.3) is 0 Å². The van der Waals surface area contributed by atoms with Crippen LogP contribution in [0.3, 0.4) is 0 Å². The van der Waals surface area contributed by atoms with E-state index in [4.69, 9.17) is 0 Å². The van der Waals surface area contributed by atoms with Crippen molar-refractivity contribution in [2.75, 3.05) is 13.1 Å². The van der Waals surface area contributed by atoms with Crippen LogP contribution in [0.5, 0.6) is 0 Å². The van der Waals surface area contributed by atoms with Crippen molar-refractivity contribution in [2.24, 2.45) is 17.3 Å². The van der Waals surface area contributed by atoms with E-state index in [1.165, 1.54) is 25.9 Å². The van der Waals surface area contributed by atoms with Gasteiger partial charge >= 0.3 is 0 Å². The van der Waals surface area contributed by atoms with Crippen LogP contribution < -0.4 is 0 Å². The quantitative estimate of drug-likeness (QED) is 0.621. The molecule has 1 heteroatoms. The second-order valence-electron chi connectivity index (χ2n) is 6.76. The smallest absolute Gasteiger partial charge is 0.0125 e. The Morgan fingerprint density at radius 2 is 1.79 bits per heavy atom. The molecule has 0 bridgehead atoms. The summed E-state index contributed by atoms with van der Waals surface area (Å²) in [7, 11) is 0. The van der Waals surface area contributed by atoms with Gasteiger partial charge in [0.1, 0.15) is 0 Å². The highest BCUT2D eigenvalue weighted by atomic mass is 15.2. The Labute approximate surface area is 88.9 Å². The predicted molar refractivity (Wildman–Crippen MR) is 61.3 cm³/mol. The van der Waals surface area contributed by atoms with Crippen LogP contribution in [0.15, 0.2) is 0 Å². The Bertz CT molecular complexity index is 220. The summed E-state index contributed by atoms with van der Waals surface area (Å²) >= 11 is 0. The summed E-state index contributed by atoms with van der Waals surface area (Å²) in [6, 6.07) is 0. The summed E-state index contributed by atoms with van der Waals surface area (Å²) in [6.07, 6.45) is 2.98. The normalized spacial score (nSPS) is 31.7. The third kappa shape index (κ3) is 1.60. The van der Waals surface area contributed by atoms with Gasteiger partial charge in [0.15, 0.2) is 0 Å². The maximum Gasteiger partial charge on any atom is 0.0125 e. The highest BCUT2D eigenvalue weighted by molar-refractivity contribution is 5.08. The molecule has 2 rings (SSSR count). The van der Waals surface area contributed by atoms with Crippen molar-refractivity contribution < 1.29 is 0 Å². The van der Waals surface area contributed by atoms with Crippen LogP contribution >= 0.6 is 0 Å². The molecule has 82 valence electrons. The molecule has 0 aromatic carbocycles. The molecule has 1 saturated carbocycles. The summed E-state index contributed by atoms with van der Waals surface area (Å²) < 4.78 is 0. The van der Waals surface area contributed by atoms with Crippen LogP contribution in [-0.4, -0.2) is 23.5 Å². The fourth-order valence-corrected chi connectivity index (χ4v) is 3.11. The Kier molecular flexibility index (Phi) is 2.23. The number of hydrogen-bond acceptors (Lipinski definition) is 1. The van der Waals surface area contributed by atoms with Crippen LogP contribution in [0.25, 0.3) is 0 Å². The molecule has 2 aliphatic rings. The summed E-state index contributed by atoms with van der Waals surface area (Å²) in [6.45, 7) is 14.6. The second kappa shape index (κ2) is 2.98. The third-order valence-corrected chi connectivity index (χ3v) is 4.36. The topological polar surface area (TPSA) is 3.24 Å². The molecule has 2 fully saturated rings. The van der Waals surface area contributed by atoms with E-state index in [2.05, 4.69) is 39.5 Å². The first-order chi connectivity index (χ1) is 6.35. The van der Waals surface area contributed by atoms with Gasteiger partial charge in [-0.2, -0.15) is 0 Å². The van der Waals surface area contributed by atoms with Crippen molar-refractivity contribution in [3.63, 3.8) is 0 Å². The Balaban J connectivity index is 2.10. The van der Waals surface area contributed by atoms with Crippen molar-refractivity contribution in [1.82, 2.24) is 4.90 Å². The van der Waals surface area contributed by atoms with Gasteiger partial charge in [-0.05, 0) is 50.9 Å². The van der Waals surface area contributed by atoms with Gasteiger partial charge in [0, 0.05) is 18.6 Å². The number of likely N-dealkylation sites (tertiary alicyclic amines) is 1. The zero-order valence-electron chi connectivity index (χ0n) is 10.4. The van der Waals surface area contributed by atoms with Crippen LogP contribution in [0.2, 0.25) is 0 Å². The number of nitrogens with zero attached hydrogens (tertiary/aromatic N) is 1. The Morgan fingerprint density at radius 1 is 1.21 bits per heavy atom. The number of hydrogen-bond donors (Lipinski definition) is 0. The molecule has 0 aromatic rings. The molecular weight excluding hydrogens is 170 g/mol. The molecule has 1 aliphatic carbocycles. The maximum atomic E-state index is 2.70. The van der Waals surface area contributed by atoms with Gasteiger partial charge in [-0.3, -0.25) is 4.90 Å². The van der Waals surface area contributed by atoms with E-state index in [-0.39, 0.29) is 0 Å². The lowest BCUT2D eigenvalue weighted by atomic mass is 9.84. The van der Waals surface area contributed by atoms with Crippen molar-refractivity contribution in [3.05, 3.63) is 0 Å². The molecule has 0 aromatic heterocycles. The molecule has 1 aliphatic heterocycles. The molecular formula is C13H25N. The largest absolute Gasteiger partial charge is 0.298 e. The lowest BCUT2D eigenvalue weighted by Gasteiger charge is -2.32. The second-order valence-corrected chi connectivity index (χ2v) is 6.76. The highest BCUT2D eigenvalue weighted by Gasteiger charge is 2.56. The molecule has 1 nitrogen and oxygen atoms in total. The molecule has 0 amide bonds. The summed E-state index contributed by atoms with van der Waals surface area (Å²) in [5, 5.41) is 0. The van der Waals surface area contributed by atoms with Gasteiger partial charge in [0.05, 0.1) is 0 Å². The Hall–Kier alpha value is -0.0400. The predicted octanol–water partition coefficient (Wildman–Crippen LogP) is 3.15. The zero-order valence-corrected chi connectivity index (χ0v) is 10.4. The average molecular weight is 195 g/mol. The standard InChI is InChI=1S/C13H25N/c1-10(2)11-8-14(12(3,4)5)9-13(11)6-7-13/h10-11H,6-9H2,1-5H3/t11-/m1/s1. The van der Waals surface area contributed by atoms with E-state index in [9.17, 15) is 0 Å². The molecule has 1 saturated heterocycles. The van der Waals surface area contributed by atoms with E-state index < -0.39 is 0 Å². The van der Waals surface area contributed by atoms with Crippen molar-refractivity contribution in [2.45, 2.75) is 53.0 Å². The maximum absolute atomic E-state index is 2.70. The van der Waals surface area contributed by atoms with Crippen LogP contribution in [0.4, 0.5) is 0 Å². The minimum Gasteiger partial charge on any atom is -0.298 e. The third-order valence-electron chi connectivity index (χ3n) is 4.36. The highest BCUT2D eigenvalue weighted by Crippen LogP contribution is 2.59. The van der Waals surface area contributed by atoms with E-state index in [1.54, 1.807) is 0 Å². The van der Waals surface area contributed by atoms with E-state index in [0.29, 0.717) is 5.54 Å². The minimum absolute atomic E-state index is 0.374. The van der Waals surface area contributed by atoms with Gasteiger partial charge in [-0.1, -0.05) is 13.8 Å². The molecule has 0 N–H and O–H groups in total. The van der Waals surface area contributed by atoms with E-state index in [0.717, 1.165) is 17.3 Å². The zero-order chi connectivity index (χ0) is 10.6. The number of rotatable bonds is 1. The average Bonchev–Trinajstić information content (AvgIpc) is 2.59. The van der Waals surface area contributed by atoms with Gasteiger partial charge in [0.2, 0.25) is 0 Å². The van der Waals surface area contributed by atoms with E-state index >= 15 is 0 Å². The van der Waals surface area contributed by atoms with Gasteiger partial charge in [-0.15, -0.1) is 0 Å². The fourth-order valence-electron chi connectivity index (χ4n) is 3.11. The van der Waals surface area contributed by atoms with Gasteiger partial charge in [-0.25, -0.2) is 0 Å². The van der Waals surface area contributed by atoms with Crippen molar-refractivity contribution >= 4 is 0 Å². The summed E-state index contributed by atoms with van der Waals surface area (Å²) in [5.74, 6) is 1.83. The minimum atomic E-state index is 0.374. The van der Waals surface area contributed by atoms with Crippen molar-refractivity contribution in [1.29, 1.82) is 0 Å². The first kappa shape index (κ1) is 10.5. The summed E-state index contributed by atoms with van der Waals surface area (Å²) in [4.78, 5) is 2.70. The van der Waals surface area contributed by atoms with Crippen LogP contribution in [0, 0.1) is 17.3 Å². The molecule has 14 heavy (non-hydrogen) atoms. The van der Waals surface area contributed by atoms with Crippen LogP contribution in [-0.2, 0) is 0 Å². The molecule has 0 radical (unpaired) electrons. The van der Waals surface area contributed by atoms with Crippen molar-refractivity contribution in [3.8, 4) is 0 Å². The summed E-state index contributed by atoms with van der Waals surface area (Å²) in [5.41, 5.74) is 1.11. The fraction of sp³-hybridized carbons (Fsp3) is 1.00. The SMILES string of the molecule is CC(C)[C@H]1CN(C(C)(C)C)CC12CC2. The monoisotopic (exact) mass is 195 g/mol. The first-order valence-corrected chi connectivity index (χ1v) is 6.10. The lowest BCUT2D eigenvalue weighted by molar-refractivity contribution is 0.161. The molecule has 1 spiro atoms. The van der Waals surface area contributed by atoms with E-state index in [1.807, 2.05) is 0 Å². The molecule has 1 heterocycles. The first-order valence-electron chi connectivity index (χ1n) is 6.10. The van der Waals surface area contributed by atoms with Gasteiger partial charge < -0.3 is 0 Å². The molecule has 1 atom stereocenters.